The highest BCUT2D eigenvalue weighted by Crippen LogP contribution is 2.23. The number of nitrogens with one attached hydrogen (secondary N) is 1. The van der Waals surface area contributed by atoms with Gasteiger partial charge in [0.2, 0.25) is 5.91 Å². The molecule has 5 nitrogen and oxygen atoms in total. The Morgan fingerprint density at radius 3 is 2.57 bits per heavy atom. The second-order valence-electron chi connectivity index (χ2n) is 5.67. The number of hydrogen-bond acceptors (Lipinski definition) is 4. The van der Waals surface area contributed by atoms with E-state index in [4.69, 9.17) is 0 Å². The number of carbonyl (C=O) groups excluding carboxylic acids is 2. The Morgan fingerprint density at radius 2 is 2.00 bits per heavy atom. The van der Waals surface area contributed by atoms with Gasteiger partial charge in [-0.2, -0.15) is 0 Å². The molecule has 0 aromatic heterocycles. The predicted octanol–water partition coefficient (Wildman–Crippen LogP) is 1.53. The summed E-state index contributed by atoms with van der Waals surface area (Å²) in [5, 5.41) is 12.2. The number of ketones is 1. The van der Waals surface area contributed by atoms with Gasteiger partial charge in [-0.1, -0.05) is 6.92 Å². The maximum atomic E-state index is 12.1. The van der Waals surface area contributed by atoms with Crippen LogP contribution in [0.3, 0.4) is 0 Å². The zero-order chi connectivity index (χ0) is 15.4. The fourth-order valence-corrected chi connectivity index (χ4v) is 2.75. The maximum Gasteiger partial charge on any atom is 0.238 e. The van der Waals surface area contributed by atoms with E-state index in [-0.39, 0.29) is 30.9 Å². The van der Waals surface area contributed by atoms with Gasteiger partial charge in [0.25, 0.3) is 0 Å². The van der Waals surface area contributed by atoms with Gasteiger partial charge >= 0.3 is 0 Å². The molecule has 0 radical (unpaired) electrons. The van der Waals surface area contributed by atoms with Gasteiger partial charge in [0.05, 0.1) is 13.2 Å². The molecule has 0 bridgehead atoms. The van der Waals surface area contributed by atoms with Gasteiger partial charge in [-0.3, -0.25) is 14.5 Å². The van der Waals surface area contributed by atoms with Gasteiger partial charge < -0.3 is 10.4 Å². The van der Waals surface area contributed by atoms with Gasteiger partial charge in [-0.05, 0) is 50.1 Å². The molecule has 1 fully saturated rings. The van der Waals surface area contributed by atoms with Crippen LogP contribution in [0, 0.1) is 5.92 Å². The molecule has 1 amide bonds. The lowest BCUT2D eigenvalue weighted by Gasteiger charge is -2.24. The van der Waals surface area contributed by atoms with Crippen LogP contribution >= 0.6 is 0 Å². The minimum atomic E-state index is -0.0990. The molecule has 1 aromatic rings. The van der Waals surface area contributed by atoms with E-state index in [0.29, 0.717) is 17.2 Å². The first-order chi connectivity index (χ1) is 10.0. The number of hydrogen-bond donors (Lipinski definition) is 2. The Morgan fingerprint density at radius 1 is 1.33 bits per heavy atom. The summed E-state index contributed by atoms with van der Waals surface area (Å²) >= 11 is 0. The molecule has 1 aliphatic rings. The Labute approximate surface area is 125 Å². The first kappa shape index (κ1) is 15.7. The van der Waals surface area contributed by atoms with Crippen molar-refractivity contribution in [2.75, 3.05) is 25.0 Å². The van der Waals surface area contributed by atoms with E-state index < -0.39 is 0 Å². The van der Waals surface area contributed by atoms with Crippen molar-refractivity contribution < 1.29 is 14.7 Å². The number of aliphatic hydroxyl groups is 1. The zero-order valence-corrected chi connectivity index (χ0v) is 12.5. The molecule has 1 aliphatic heterocycles. The summed E-state index contributed by atoms with van der Waals surface area (Å²) in [6, 6.07) is 6.92. The van der Waals surface area contributed by atoms with E-state index in [1.54, 1.807) is 24.3 Å². The summed E-state index contributed by atoms with van der Waals surface area (Å²) in [5.41, 5.74) is 1.31. The lowest BCUT2D eigenvalue weighted by molar-refractivity contribution is -0.117. The van der Waals surface area contributed by atoms with E-state index in [1.165, 1.54) is 6.92 Å². The van der Waals surface area contributed by atoms with Crippen LogP contribution in [0.15, 0.2) is 24.3 Å². The van der Waals surface area contributed by atoms with Gasteiger partial charge in [0.1, 0.15) is 0 Å². The van der Waals surface area contributed by atoms with Crippen LogP contribution in [0.4, 0.5) is 5.69 Å². The first-order valence-electron chi connectivity index (χ1n) is 7.27. The van der Waals surface area contributed by atoms with E-state index in [2.05, 4.69) is 12.2 Å². The molecule has 114 valence electrons. The number of carbonyl (C=O) groups is 2. The lowest BCUT2D eigenvalue weighted by Crippen LogP contribution is -2.40. The van der Waals surface area contributed by atoms with Crippen molar-refractivity contribution >= 4 is 17.4 Å². The molecule has 2 N–H and O–H groups in total. The molecular formula is C16H22N2O3. The van der Waals surface area contributed by atoms with Crippen molar-refractivity contribution in [2.24, 2.45) is 5.92 Å². The smallest absolute Gasteiger partial charge is 0.238 e. The number of Topliss-reactive ketones (excluding diaryl/α,β-unsaturated/α-hetero) is 1. The van der Waals surface area contributed by atoms with Crippen LogP contribution < -0.4 is 5.32 Å². The summed E-state index contributed by atoms with van der Waals surface area (Å²) in [4.78, 5) is 25.3. The van der Waals surface area contributed by atoms with Crippen LogP contribution in [-0.4, -0.2) is 47.4 Å². The molecule has 0 spiro atoms. The average Bonchev–Trinajstić information content (AvgIpc) is 2.79. The monoisotopic (exact) mass is 290 g/mol. The third-order valence-electron chi connectivity index (χ3n) is 4.11. The largest absolute Gasteiger partial charge is 0.395 e. The fourth-order valence-electron chi connectivity index (χ4n) is 2.75. The second-order valence-corrected chi connectivity index (χ2v) is 5.67. The first-order valence-corrected chi connectivity index (χ1v) is 7.27. The molecule has 2 atom stereocenters. The van der Waals surface area contributed by atoms with Crippen molar-refractivity contribution in [3.63, 3.8) is 0 Å². The van der Waals surface area contributed by atoms with Crippen molar-refractivity contribution in [1.29, 1.82) is 0 Å². The van der Waals surface area contributed by atoms with Gasteiger partial charge in [0, 0.05) is 17.3 Å². The quantitative estimate of drug-likeness (QED) is 0.807. The normalized spacial score (nSPS) is 22.2. The highest BCUT2D eigenvalue weighted by molar-refractivity contribution is 5.96. The highest BCUT2D eigenvalue weighted by Gasteiger charge is 2.31. The Kier molecular flexibility index (Phi) is 5.09. The topological polar surface area (TPSA) is 69.6 Å². The van der Waals surface area contributed by atoms with Crippen LogP contribution in [0.5, 0.6) is 0 Å². The third-order valence-corrected chi connectivity index (χ3v) is 4.11. The molecule has 2 rings (SSSR count). The molecule has 5 heteroatoms. The summed E-state index contributed by atoms with van der Waals surface area (Å²) < 4.78 is 0. The van der Waals surface area contributed by atoms with Crippen molar-refractivity contribution in [1.82, 2.24) is 4.90 Å². The highest BCUT2D eigenvalue weighted by atomic mass is 16.3. The summed E-state index contributed by atoms with van der Waals surface area (Å²) in [6.07, 6.45) is 1.01. The number of aliphatic hydroxyl groups excluding tert-OH is 1. The van der Waals surface area contributed by atoms with Crippen LogP contribution in [0.1, 0.15) is 30.6 Å². The minimum absolute atomic E-state index is 0.00437. The second kappa shape index (κ2) is 6.83. The Hall–Kier alpha value is -1.72. The molecular weight excluding hydrogens is 268 g/mol. The van der Waals surface area contributed by atoms with Crippen molar-refractivity contribution in [3.8, 4) is 0 Å². The van der Waals surface area contributed by atoms with Gasteiger partial charge in [0.15, 0.2) is 5.78 Å². The van der Waals surface area contributed by atoms with E-state index in [0.717, 1.165) is 13.0 Å². The lowest BCUT2D eigenvalue weighted by atomic mass is 10.0. The number of rotatable bonds is 5. The molecule has 1 heterocycles. The molecule has 1 aromatic carbocycles. The average molecular weight is 290 g/mol. The standard InChI is InChI=1S/C16H22N2O3/c1-11-7-8-18(15(11)10-19)9-16(21)17-14-5-3-13(4-6-14)12(2)20/h3-6,11,15,19H,7-10H2,1-2H3,(H,17,21). The van der Waals surface area contributed by atoms with Crippen LogP contribution in [0.2, 0.25) is 0 Å². The zero-order valence-electron chi connectivity index (χ0n) is 12.5. The maximum absolute atomic E-state index is 12.1. The van der Waals surface area contributed by atoms with Crippen LogP contribution in [-0.2, 0) is 4.79 Å². The SMILES string of the molecule is CC(=O)c1ccc(NC(=O)CN2CCC(C)C2CO)cc1. The summed E-state index contributed by atoms with van der Waals surface area (Å²) in [7, 11) is 0. The van der Waals surface area contributed by atoms with Gasteiger partial charge in [-0.15, -0.1) is 0 Å². The van der Waals surface area contributed by atoms with E-state index in [1.807, 2.05) is 4.90 Å². The van der Waals surface area contributed by atoms with E-state index >= 15 is 0 Å². The Balaban J connectivity index is 1.91. The minimum Gasteiger partial charge on any atom is -0.395 e. The van der Waals surface area contributed by atoms with E-state index in [9.17, 15) is 14.7 Å². The predicted molar refractivity (Wildman–Crippen MR) is 81.3 cm³/mol. The number of likely N-dealkylation sites (tertiary alicyclic amines) is 1. The molecule has 0 aliphatic carbocycles. The molecule has 21 heavy (non-hydrogen) atoms. The van der Waals surface area contributed by atoms with Crippen LogP contribution in [0.25, 0.3) is 0 Å². The molecule has 1 saturated heterocycles. The number of anilines is 1. The fraction of sp³-hybridized carbons (Fsp3) is 0.500. The van der Waals surface area contributed by atoms with Crippen molar-refractivity contribution in [2.45, 2.75) is 26.3 Å². The summed E-state index contributed by atoms with van der Waals surface area (Å²) in [6.45, 7) is 4.81. The number of nitrogens with zero attached hydrogens (tertiary/aromatic N) is 1. The number of benzene rings is 1. The van der Waals surface area contributed by atoms with Crippen molar-refractivity contribution in [3.05, 3.63) is 29.8 Å². The molecule has 2 unspecified atom stereocenters. The summed E-state index contributed by atoms with van der Waals surface area (Å²) in [5.74, 6) is 0.320. The number of amides is 1. The third kappa shape index (κ3) is 3.89. The molecule has 0 saturated carbocycles. The Bertz CT molecular complexity index is 513. The van der Waals surface area contributed by atoms with Gasteiger partial charge in [-0.25, -0.2) is 0 Å².